The van der Waals surface area contributed by atoms with Crippen LogP contribution in [0.25, 0.3) is 0 Å². The molecule has 1 N–H and O–H groups in total. The Balaban J connectivity index is 0.000000921. The maximum atomic E-state index is 9.78. The fraction of sp³-hybridized carbons (Fsp3) is 0.692. The molecular formula is C13H24OS. The maximum absolute atomic E-state index is 9.78. The fourth-order valence-electron chi connectivity index (χ4n) is 1.07. The number of hydrogen-bond acceptors (Lipinski definition) is 2. The first kappa shape index (κ1) is 14.7. The SMILES string of the molecule is CC.CC(C)(C)c1ccc(C(C)(C)O)s1. The van der Waals surface area contributed by atoms with Crippen LogP contribution in [0.3, 0.4) is 0 Å². The molecular weight excluding hydrogens is 204 g/mol. The highest BCUT2D eigenvalue weighted by atomic mass is 32.1. The number of aliphatic hydroxyl groups is 1. The summed E-state index contributed by atoms with van der Waals surface area (Å²) in [4.78, 5) is 2.36. The molecule has 1 rings (SSSR count). The third kappa shape index (κ3) is 4.35. The summed E-state index contributed by atoms with van der Waals surface area (Å²) in [6.45, 7) is 14.2. The number of thiophene rings is 1. The van der Waals surface area contributed by atoms with Crippen molar-refractivity contribution in [3.05, 3.63) is 21.9 Å². The van der Waals surface area contributed by atoms with E-state index in [1.165, 1.54) is 4.88 Å². The molecule has 0 atom stereocenters. The molecule has 2 heteroatoms. The van der Waals surface area contributed by atoms with Crippen molar-refractivity contribution in [1.82, 2.24) is 0 Å². The molecule has 0 spiro atoms. The van der Waals surface area contributed by atoms with Crippen LogP contribution in [-0.2, 0) is 11.0 Å². The van der Waals surface area contributed by atoms with Gasteiger partial charge in [0.25, 0.3) is 0 Å². The lowest BCUT2D eigenvalue weighted by Crippen LogP contribution is -2.13. The van der Waals surface area contributed by atoms with Crippen molar-refractivity contribution in [1.29, 1.82) is 0 Å². The molecule has 0 aliphatic heterocycles. The first-order chi connectivity index (χ1) is 6.71. The van der Waals surface area contributed by atoms with Crippen molar-refractivity contribution in [2.75, 3.05) is 0 Å². The smallest absolute Gasteiger partial charge is 0.0932 e. The molecule has 0 unspecified atom stereocenters. The third-order valence-electron chi connectivity index (χ3n) is 1.95. The van der Waals surface area contributed by atoms with E-state index in [1.54, 1.807) is 11.3 Å². The molecule has 88 valence electrons. The molecule has 0 aromatic carbocycles. The monoisotopic (exact) mass is 228 g/mol. The van der Waals surface area contributed by atoms with Crippen LogP contribution in [0.15, 0.2) is 12.1 Å². The predicted molar refractivity (Wildman–Crippen MR) is 69.6 cm³/mol. The Morgan fingerprint density at radius 2 is 1.33 bits per heavy atom. The molecule has 0 radical (unpaired) electrons. The van der Waals surface area contributed by atoms with Crippen molar-refractivity contribution in [2.45, 2.75) is 59.5 Å². The lowest BCUT2D eigenvalue weighted by Gasteiger charge is -2.17. The quantitative estimate of drug-likeness (QED) is 0.760. The van der Waals surface area contributed by atoms with E-state index in [0.29, 0.717) is 0 Å². The second kappa shape index (κ2) is 5.13. The largest absolute Gasteiger partial charge is 0.385 e. The minimum absolute atomic E-state index is 0.189. The Morgan fingerprint density at radius 3 is 1.53 bits per heavy atom. The zero-order chi connectivity index (χ0) is 12.3. The zero-order valence-electron chi connectivity index (χ0n) is 11.0. The molecule has 1 nitrogen and oxygen atoms in total. The van der Waals surface area contributed by atoms with Crippen LogP contribution in [0.1, 0.15) is 58.2 Å². The molecule has 15 heavy (non-hydrogen) atoms. The zero-order valence-corrected chi connectivity index (χ0v) is 11.8. The summed E-state index contributed by atoms with van der Waals surface area (Å²) in [6.07, 6.45) is 0. The summed E-state index contributed by atoms with van der Waals surface area (Å²) in [5.41, 5.74) is -0.512. The van der Waals surface area contributed by atoms with Crippen molar-refractivity contribution >= 4 is 11.3 Å². The van der Waals surface area contributed by atoms with Crippen LogP contribution in [0.4, 0.5) is 0 Å². The molecule has 1 aromatic rings. The van der Waals surface area contributed by atoms with Gasteiger partial charge in [0.15, 0.2) is 0 Å². The van der Waals surface area contributed by atoms with Gasteiger partial charge >= 0.3 is 0 Å². The lowest BCUT2D eigenvalue weighted by atomic mass is 9.95. The van der Waals surface area contributed by atoms with Gasteiger partial charge in [0.05, 0.1) is 5.60 Å². The van der Waals surface area contributed by atoms with Crippen molar-refractivity contribution in [3.63, 3.8) is 0 Å². The molecule has 0 bridgehead atoms. The Kier molecular flexibility index (Phi) is 5.01. The van der Waals surface area contributed by atoms with Gasteiger partial charge in [0, 0.05) is 9.75 Å². The minimum Gasteiger partial charge on any atom is -0.385 e. The Labute approximate surface area is 98.2 Å². The van der Waals surface area contributed by atoms with Gasteiger partial charge in [-0.3, -0.25) is 0 Å². The molecule has 1 heterocycles. The van der Waals surface area contributed by atoms with E-state index in [1.807, 2.05) is 33.8 Å². The second-order valence-corrected chi connectivity index (χ2v) is 6.06. The number of rotatable bonds is 1. The Morgan fingerprint density at radius 1 is 0.933 bits per heavy atom. The van der Waals surface area contributed by atoms with Crippen LogP contribution >= 0.6 is 11.3 Å². The van der Waals surface area contributed by atoms with Crippen molar-refractivity contribution < 1.29 is 5.11 Å². The number of hydrogen-bond donors (Lipinski definition) is 1. The molecule has 0 fully saturated rings. The molecule has 0 saturated heterocycles. The average Bonchev–Trinajstić information content (AvgIpc) is 2.53. The van der Waals surface area contributed by atoms with Crippen LogP contribution in [0, 0.1) is 0 Å². The van der Waals surface area contributed by atoms with Crippen LogP contribution < -0.4 is 0 Å². The van der Waals surface area contributed by atoms with Gasteiger partial charge in [-0.1, -0.05) is 34.6 Å². The lowest BCUT2D eigenvalue weighted by molar-refractivity contribution is 0.0825. The van der Waals surface area contributed by atoms with Gasteiger partial charge in [-0.2, -0.15) is 0 Å². The molecule has 0 aliphatic rings. The van der Waals surface area contributed by atoms with E-state index in [2.05, 4.69) is 26.8 Å². The normalized spacial score (nSPS) is 12.0. The molecule has 0 amide bonds. The summed E-state index contributed by atoms with van der Waals surface area (Å²) in [5.74, 6) is 0. The van der Waals surface area contributed by atoms with E-state index in [0.717, 1.165) is 4.88 Å². The van der Waals surface area contributed by atoms with Gasteiger partial charge in [-0.05, 0) is 31.4 Å². The summed E-state index contributed by atoms with van der Waals surface area (Å²) < 4.78 is 0. The molecule has 0 aliphatic carbocycles. The van der Waals surface area contributed by atoms with E-state index < -0.39 is 5.60 Å². The first-order valence-electron chi connectivity index (χ1n) is 5.54. The Bertz CT molecular complexity index is 258. The van der Waals surface area contributed by atoms with Gasteiger partial charge in [0.1, 0.15) is 0 Å². The topological polar surface area (TPSA) is 20.2 Å². The standard InChI is InChI=1S/C11H18OS.C2H6/c1-10(2,3)8-6-7-9(13-8)11(4,5)12;1-2/h6-7,12H,1-5H3;1-2H3. The van der Waals surface area contributed by atoms with Gasteiger partial charge < -0.3 is 5.11 Å². The maximum Gasteiger partial charge on any atom is 0.0932 e. The van der Waals surface area contributed by atoms with Crippen LogP contribution in [0.2, 0.25) is 0 Å². The summed E-state index contributed by atoms with van der Waals surface area (Å²) in [7, 11) is 0. The third-order valence-corrected chi connectivity index (χ3v) is 3.77. The average molecular weight is 228 g/mol. The van der Waals surface area contributed by atoms with E-state index in [-0.39, 0.29) is 5.41 Å². The second-order valence-electron chi connectivity index (χ2n) is 4.97. The van der Waals surface area contributed by atoms with Crippen molar-refractivity contribution in [2.24, 2.45) is 0 Å². The predicted octanol–water partition coefficient (Wildman–Crippen LogP) is 4.30. The van der Waals surface area contributed by atoms with Gasteiger partial charge in [0.2, 0.25) is 0 Å². The Hall–Kier alpha value is -0.340. The summed E-state index contributed by atoms with van der Waals surface area (Å²) in [5, 5.41) is 9.78. The van der Waals surface area contributed by atoms with Gasteiger partial charge in [-0.25, -0.2) is 0 Å². The van der Waals surface area contributed by atoms with Gasteiger partial charge in [-0.15, -0.1) is 11.3 Å². The molecule has 1 aromatic heterocycles. The first-order valence-corrected chi connectivity index (χ1v) is 6.36. The highest BCUT2D eigenvalue weighted by molar-refractivity contribution is 7.12. The molecule has 0 saturated carbocycles. The summed E-state index contributed by atoms with van der Waals surface area (Å²) in [6, 6.07) is 4.13. The fourth-order valence-corrected chi connectivity index (χ4v) is 2.13. The highest BCUT2D eigenvalue weighted by Gasteiger charge is 2.22. The minimum atomic E-state index is -0.700. The van der Waals surface area contributed by atoms with E-state index >= 15 is 0 Å². The van der Waals surface area contributed by atoms with Crippen LogP contribution in [-0.4, -0.2) is 5.11 Å². The summed E-state index contributed by atoms with van der Waals surface area (Å²) >= 11 is 1.70. The van der Waals surface area contributed by atoms with Crippen LogP contribution in [0.5, 0.6) is 0 Å². The van der Waals surface area contributed by atoms with Crippen molar-refractivity contribution in [3.8, 4) is 0 Å². The van der Waals surface area contributed by atoms with E-state index in [9.17, 15) is 5.11 Å². The van der Waals surface area contributed by atoms with E-state index in [4.69, 9.17) is 0 Å². The highest BCUT2D eigenvalue weighted by Crippen LogP contribution is 2.34.